The number of rotatable bonds is 4. The molecule has 0 radical (unpaired) electrons. The molecular weight excluding hydrogens is 256 g/mol. The van der Waals surface area contributed by atoms with Crippen molar-refractivity contribution >= 4 is 10.9 Å². The van der Waals surface area contributed by atoms with Gasteiger partial charge in [-0.05, 0) is 35.7 Å². The number of benzene rings is 2. The Morgan fingerprint density at radius 3 is 2.52 bits per heavy atom. The standard InChI is InChI=1S/C19H20N2/c1-2-17(14-7-4-3-5-8-14)19(20)16-10-11-18-15(13-16)9-6-12-21-18/h3-13,17,19H,2,20H2,1H3. The van der Waals surface area contributed by atoms with E-state index in [2.05, 4.69) is 60.4 Å². The molecule has 1 aromatic heterocycles. The predicted octanol–water partition coefficient (Wildman–Crippen LogP) is 4.43. The molecular formula is C19H20N2. The molecule has 3 aromatic rings. The van der Waals surface area contributed by atoms with Crippen molar-refractivity contribution in [2.45, 2.75) is 25.3 Å². The summed E-state index contributed by atoms with van der Waals surface area (Å²) >= 11 is 0. The fourth-order valence-electron chi connectivity index (χ4n) is 2.93. The van der Waals surface area contributed by atoms with E-state index in [1.807, 2.05) is 18.3 Å². The minimum absolute atomic E-state index is 0.00186. The molecule has 3 rings (SSSR count). The molecule has 1 heterocycles. The maximum absolute atomic E-state index is 6.55. The Morgan fingerprint density at radius 2 is 1.76 bits per heavy atom. The van der Waals surface area contributed by atoms with Crippen LogP contribution in [0, 0.1) is 0 Å². The van der Waals surface area contributed by atoms with Gasteiger partial charge in [0.05, 0.1) is 5.52 Å². The summed E-state index contributed by atoms with van der Waals surface area (Å²) in [4.78, 5) is 4.36. The quantitative estimate of drug-likeness (QED) is 0.765. The smallest absolute Gasteiger partial charge is 0.0702 e. The third-order valence-corrected chi connectivity index (χ3v) is 4.11. The van der Waals surface area contributed by atoms with Crippen LogP contribution in [0.15, 0.2) is 66.9 Å². The fraction of sp³-hybridized carbons (Fsp3) is 0.211. The molecule has 21 heavy (non-hydrogen) atoms. The summed E-state index contributed by atoms with van der Waals surface area (Å²) in [5, 5.41) is 1.15. The van der Waals surface area contributed by atoms with Gasteiger partial charge in [-0.25, -0.2) is 0 Å². The lowest BCUT2D eigenvalue weighted by Crippen LogP contribution is -2.19. The van der Waals surface area contributed by atoms with E-state index >= 15 is 0 Å². The lowest BCUT2D eigenvalue weighted by atomic mass is 9.85. The van der Waals surface area contributed by atoms with Gasteiger partial charge in [0.15, 0.2) is 0 Å². The van der Waals surface area contributed by atoms with Crippen LogP contribution in [-0.2, 0) is 0 Å². The lowest BCUT2D eigenvalue weighted by Gasteiger charge is -2.23. The van der Waals surface area contributed by atoms with Crippen LogP contribution in [0.2, 0.25) is 0 Å². The van der Waals surface area contributed by atoms with Crippen molar-refractivity contribution in [3.8, 4) is 0 Å². The molecule has 2 unspecified atom stereocenters. The predicted molar refractivity (Wildman–Crippen MR) is 88.1 cm³/mol. The highest BCUT2D eigenvalue weighted by atomic mass is 14.7. The molecule has 0 saturated heterocycles. The summed E-state index contributed by atoms with van der Waals surface area (Å²) in [6.45, 7) is 2.19. The Labute approximate surface area is 125 Å². The summed E-state index contributed by atoms with van der Waals surface area (Å²) in [5.41, 5.74) is 10.0. The van der Waals surface area contributed by atoms with Crippen molar-refractivity contribution in [1.29, 1.82) is 0 Å². The van der Waals surface area contributed by atoms with Gasteiger partial charge in [-0.1, -0.05) is 49.4 Å². The van der Waals surface area contributed by atoms with Crippen molar-refractivity contribution in [2.24, 2.45) is 5.73 Å². The topological polar surface area (TPSA) is 38.9 Å². The van der Waals surface area contributed by atoms with E-state index in [0.717, 1.165) is 17.3 Å². The largest absolute Gasteiger partial charge is 0.323 e. The molecule has 0 saturated carbocycles. The zero-order valence-electron chi connectivity index (χ0n) is 12.2. The molecule has 2 heteroatoms. The van der Waals surface area contributed by atoms with Crippen LogP contribution in [0.25, 0.3) is 10.9 Å². The molecule has 0 spiro atoms. The average molecular weight is 276 g/mol. The van der Waals surface area contributed by atoms with Crippen LogP contribution >= 0.6 is 0 Å². The fourth-order valence-corrected chi connectivity index (χ4v) is 2.93. The van der Waals surface area contributed by atoms with Gasteiger partial charge in [-0.3, -0.25) is 4.98 Å². The second-order valence-electron chi connectivity index (χ2n) is 5.41. The number of hydrogen-bond donors (Lipinski definition) is 1. The van der Waals surface area contributed by atoms with E-state index in [1.54, 1.807) is 0 Å². The van der Waals surface area contributed by atoms with Crippen LogP contribution in [0.5, 0.6) is 0 Å². The monoisotopic (exact) mass is 276 g/mol. The lowest BCUT2D eigenvalue weighted by molar-refractivity contribution is 0.539. The van der Waals surface area contributed by atoms with Gasteiger partial charge in [-0.15, -0.1) is 0 Å². The Balaban J connectivity index is 1.96. The summed E-state index contributed by atoms with van der Waals surface area (Å²) in [6.07, 6.45) is 2.84. The first-order valence-corrected chi connectivity index (χ1v) is 7.45. The maximum Gasteiger partial charge on any atom is 0.0702 e. The molecule has 0 fully saturated rings. The Hall–Kier alpha value is -2.19. The van der Waals surface area contributed by atoms with Crippen molar-refractivity contribution in [2.75, 3.05) is 0 Å². The molecule has 106 valence electrons. The van der Waals surface area contributed by atoms with Crippen molar-refractivity contribution < 1.29 is 0 Å². The minimum Gasteiger partial charge on any atom is -0.323 e. The first-order valence-electron chi connectivity index (χ1n) is 7.45. The van der Waals surface area contributed by atoms with Gasteiger partial charge in [-0.2, -0.15) is 0 Å². The summed E-state index contributed by atoms with van der Waals surface area (Å²) in [5.74, 6) is 0.334. The van der Waals surface area contributed by atoms with Gasteiger partial charge < -0.3 is 5.73 Å². The minimum atomic E-state index is 0.00186. The van der Waals surface area contributed by atoms with Crippen LogP contribution < -0.4 is 5.73 Å². The van der Waals surface area contributed by atoms with E-state index in [4.69, 9.17) is 5.73 Å². The second-order valence-corrected chi connectivity index (χ2v) is 5.41. The highest BCUT2D eigenvalue weighted by Gasteiger charge is 2.19. The highest BCUT2D eigenvalue weighted by Crippen LogP contribution is 2.32. The molecule has 0 aliphatic rings. The third kappa shape index (κ3) is 2.81. The molecule has 2 atom stereocenters. The van der Waals surface area contributed by atoms with E-state index in [0.29, 0.717) is 5.92 Å². The first kappa shape index (κ1) is 13.8. The van der Waals surface area contributed by atoms with E-state index in [-0.39, 0.29) is 6.04 Å². The van der Waals surface area contributed by atoms with Gasteiger partial charge in [0.25, 0.3) is 0 Å². The maximum atomic E-state index is 6.55. The van der Waals surface area contributed by atoms with Gasteiger partial charge >= 0.3 is 0 Å². The molecule has 0 aliphatic carbocycles. The number of pyridine rings is 1. The average Bonchev–Trinajstić information content (AvgIpc) is 2.56. The number of nitrogens with two attached hydrogens (primary N) is 1. The SMILES string of the molecule is CCC(c1ccccc1)C(N)c1ccc2ncccc2c1. The van der Waals surface area contributed by atoms with E-state index in [1.165, 1.54) is 11.1 Å². The number of nitrogens with zero attached hydrogens (tertiary/aromatic N) is 1. The molecule has 0 aliphatic heterocycles. The van der Waals surface area contributed by atoms with Crippen LogP contribution in [-0.4, -0.2) is 4.98 Å². The van der Waals surface area contributed by atoms with E-state index in [9.17, 15) is 0 Å². The Kier molecular flexibility index (Phi) is 3.98. The Morgan fingerprint density at radius 1 is 0.952 bits per heavy atom. The van der Waals surface area contributed by atoms with Gasteiger partial charge in [0.2, 0.25) is 0 Å². The summed E-state index contributed by atoms with van der Waals surface area (Å²) in [6, 6.07) is 20.9. The second kappa shape index (κ2) is 6.06. The van der Waals surface area contributed by atoms with Crippen molar-refractivity contribution in [1.82, 2.24) is 4.98 Å². The van der Waals surface area contributed by atoms with Crippen LogP contribution in [0.1, 0.15) is 36.4 Å². The van der Waals surface area contributed by atoms with Crippen LogP contribution in [0.3, 0.4) is 0 Å². The Bertz CT molecular complexity index is 722. The summed E-state index contributed by atoms with van der Waals surface area (Å²) < 4.78 is 0. The van der Waals surface area contributed by atoms with E-state index < -0.39 is 0 Å². The van der Waals surface area contributed by atoms with Crippen molar-refractivity contribution in [3.63, 3.8) is 0 Å². The highest BCUT2D eigenvalue weighted by molar-refractivity contribution is 5.79. The van der Waals surface area contributed by atoms with Gasteiger partial charge in [0, 0.05) is 23.5 Å². The molecule has 0 amide bonds. The molecule has 2 N–H and O–H groups in total. The number of aromatic nitrogens is 1. The number of hydrogen-bond acceptors (Lipinski definition) is 2. The molecule has 2 aromatic carbocycles. The normalized spacial score (nSPS) is 14.0. The zero-order chi connectivity index (χ0) is 14.7. The molecule has 2 nitrogen and oxygen atoms in total. The summed E-state index contributed by atoms with van der Waals surface area (Å²) in [7, 11) is 0. The zero-order valence-corrected chi connectivity index (χ0v) is 12.2. The van der Waals surface area contributed by atoms with Gasteiger partial charge in [0.1, 0.15) is 0 Å². The first-order chi connectivity index (χ1) is 10.3. The number of fused-ring (bicyclic) bond motifs is 1. The van der Waals surface area contributed by atoms with Crippen LogP contribution in [0.4, 0.5) is 0 Å². The third-order valence-electron chi connectivity index (χ3n) is 4.11. The molecule has 0 bridgehead atoms. The van der Waals surface area contributed by atoms with Crippen molar-refractivity contribution in [3.05, 3.63) is 78.0 Å².